The fourth-order valence-electron chi connectivity index (χ4n) is 5.10. The fourth-order valence-corrected chi connectivity index (χ4v) is 5.10. The van der Waals surface area contributed by atoms with E-state index in [9.17, 15) is 15.0 Å². The molecule has 4 atom stereocenters. The number of amides is 1. The lowest BCUT2D eigenvalue weighted by atomic mass is 9.90. The first-order chi connectivity index (χ1) is 15.6. The van der Waals surface area contributed by atoms with Gasteiger partial charge in [-0.2, -0.15) is 0 Å². The Morgan fingerprint density at radius 1 is 1.03 bits per heavy atom. The minimum atomic E-state index is -2.31. The molecule has 1 aliphatic heterocycles. The lowest BCUT2D eigenvalue weighted by molar-refractivity contribution is -0.197. The number of likely N-dealkylation sites (N-methyl/N-ethyl adjacent to an activating group) is 1. The summed E-state index contributed by atoms with van der Waals surface area (Å²) in [5, 5.41) is 20.4. The van der Waals surface area contributed by atoms with Crippen molar-refractivity contribution in [3.63, 3.8) is 0 Å². The monoisotopic (exact) mass is 465 g/mol. The van der Waals surface area contributed by atoms with Crippen LogP contribution in [0.4, 0.5) is 0 Å². The highest BCUT2D eigenvalue weighted by Gasteiger charge is 2.51. The van der Waals surface area contributed by atoms with Crippen molar-refractivity contribution in [2.45, 2.75) is 116 Å². The Balaban J connectivity index is 1.88. The lowest BCUT2D eigenvalue weighted by Gasteiger charge is -2.27. The Morgan fingerprint density at radius 2 is 1.76 bits per heavy atom. The van der Waals surface area contributed by atoms with Crippen LogP contribution in [-0.4, -0.2) is 57.9 Å². The molecule has 1 aliphatic carbocycles. The van der Waals surface area contributed by atoms with Gasteiger partial charge in [-0.05, 0) is 65.7 Å². The van der Waals surface area contributed by atoms with Gasteiger partial charge in [-0.25, -0.2) is 0 Å². The van der Waals surface area contributed by atoms with Crippen molar-refractivity contribution in [2.24, 2.45) is 11.8 Å². The van der Waals surface area contributed by atoms with Crippen LogP contribution < -0.4 is 0 Å². The molecule has 0 bridgehead atoms. The summed E-state index contributed by atoms with van der Waals surface area (Å²) < 4.78 is 12.4. The molecule has 0 radical (unpaired) electrons. The highest BCUT2D eigenvalue weighted by atomic mass is 16.8. The van der Waals surface area contributed by atoms with Crippen molar-refractivity contribution < 1.29 is 24.5 Å². The molecule has 1 heterocycles. The predicted molar refractivity (Wildman–Crippen MR) is 131 cm³/mol. The fraction of sp³-hybridized carbons (Fsp3) is 0.815. The molecule has 6 heteroatoms. The summed E-state index contributed by atoms with van der Waals surface area (Å²) in [7, 11) is 0. The van der Waals surface area contributed by atoms with Gasteiger partial charge in [0.25, 0.3) is 5.91 Å². The van der Waals surface area contributed by atoms with Crippen LogP contribution in [0.3, 0.4) is 0 Å². The third kappa shape index (κ3) is 8.20. The first-order valence-corrected chi connectivity index (χ1v) is 13.1. The maximum atomic E-state index is 12.3. The Kier molecular flexibility index (Phi) is 11.1. The van der Waals surface area contributed by atoms with Crippen LogP contribution in [0.2, 0.25) is 0 Å². The minimum absolute atomic E-state index is 0.00372. The number of nitrogens with zero attached hydrogens (tertiary/aromatic N) is 1. The summed E-state index contributed by atoms with van der Waals surface area (Å²) in [4.78, 5) is 13.7. The van der Waals surface area contributed by atoms with Gasteiger partial charge in [-0.3, -0.25) is 4.79 Å². The van der Waals surface area contributed by atoms with Gasteiger partial charge >= 0.3 is 0 Å². The van der Waals surface area contributed by atoms with Gasteiger partial charge in [-0.15, -0.1) is 0 Å². The molecule has 0 aromatic heterocycles. The van der Waals surface area contributed by atoms with E-state index in [1.807, 2.05) is 33.8 Å². The molecule has 0 spiro atoms. The zero-order valence-electron chi connectivity index (χ0n) is 21.5. The molecule has 6 nitrogen and oxygen atoms in total. The molecule has 2 aliphatic rings. The number of rotatable bonds is 14. The molecule has 1 amide bonds. The summed E-state index contributed by atoms with van der Waals surface area (Å²) in [6, 6.07) is 0. The maximum absolute atomic E-state index is 12.3. The summed E-state index contributed by atoms with van der Waals surface area (Å²) in [6.45, 7) is 10.8. The van der Waals surface area contributed by atoms with E-state index in [0.717, 1.165) is 19.3 Å². The third-order valence-corrected chi connectivity index (χ3v) is 6.92. The topological polar surface area (TPSA) is 79.2 Å². The van der Waals surface area contributed by atoms with Gasteiger partial charge in [-0.1, -0.05) is 50.5 Å². The van der Waals surface area contributed by atoms with Crippen LogP contribution in [0.1, 0.15) is 92.4 Å². The second-order valence-electron chi connectivity index (χ2n) is 10.0. The number of ether oxygens (including phenoxy) is 2. The van der Waals surface area contributed by atoms with Crippen molar-refractivity contribution in [1.29, 1.82) is 0 Å². The average Bonchev–Trinajstić information content (AvgIpc) is 3.22. The number of fused-ring (bicyclic) bond motifs is 1. The Bertz CT molecular complexity index is 653. The SMILES string of the molecule is CCCCCCC=C[C@@H]1[C@@H](CC=CCCC(O)(O)C(=O)N(CC)CC)C[C@H]2OC(C)(C)O[C@@H]12. The molecular formula is C27H47NO5. The van der Waals surface area contributed by atoms with E-state index in [-0.39, 0.29) is 18.6 Å². The Hall–Kier alpha value is -1.21. The summed E-state index contributed by atoms with van der Waals surface area (Å²) in [5.74, 6) is -2.69. The smallest absolute Gasteiger partial charge is 0.282 e. The normalized spacial score (nSPS) is 27.0. The standard InChI is InChI=1S/C27H47NO5/c1-6-9-10-11-12-15-18-22-21(20-23-24(22)33-26(4,5)32-23)17-14-13-16-19-27(30,31)25(29)28(7-2)8-3/h13-15,18,21-24,30-31H,6-12,16-17,19-20H2,1-5H3/t21-,22+,23+,24-/m0/s1. The number of allylic oxidation sites excluding steroid dienone is 3. The van der Waals surface area contributed by atoms with Crippen LogP contribution in [0.25, 0.3) is 0 Å². The van der Waals surface area contributed by atoms with E-state index in [2.05, 4.69) is 25.2 Å². The molecule has 2 rings (SSSR count). The van der Waals surface area contributed by atoms with Crippen LogP contribution in [0, 0.1) is 11.8 Å². The van der Waals surface area contributed by atoms with Crippen molar-refractivity contribution in [1.82, 2.24) is 4.90 Å². The molecular weight excluding hydrogens is 418 g/mol. The molecule has 0 aromatic carbocycles. The highest BCUT2D eigenvalue weighted by molar-refractivity contribution is 5.83. The second-order valence-corrected chi connectivity index (χ2v) is 10.0. The quantitative estimate of drug-likeness (QED) is 0.216. The number of carbonyl (C=O) groups excluding carboxylic acids is 1. The molecule has 33 heavy (non-hydrogen) atoms. The first-order valence-electron chi connectivity index (χ1n) is 13.1. The van der Waals surface area contributed by atoms with Gasteiger partial charge in [0, 0.05) is 25.4 Å². The van der Waals surface area contributed by atoms with Crippen molar-refractivity contribution in [3.8, 4) is 0 Å². The van der Waals surface area contributed by atoms with Crippen LogP contribution in [0.15, 0.2) is 24.3 Å². The van der Waals surface area contributed by atoms with E-state index < -0.39 is 17.5 Å². The zero-order chi connectivity index (χ0) is 24.5. The van der Waals surface area contributed by atoms with Gasteiger partial charge in [0.05, 0.1) is 12.2 Å². The molecule has 190 valence electrons. The van der Waals surface area contributed by atoms with Crippen molar-refractivity contribution >= 4 is 5.91 Å². The highest BCUT2D eigenvalue weighted by Crippen LogP contribution is 2.46. The predicted octanol–water partition coefficient (Wildman–Crippen LogP) is 4.95. The summed E-state index contributed by atoms with van der Waals surface area (Å²) in [6.07, 6.45) is 17.4. The van der Waals surface area contributed by atoms with Gasteiger partial charge in [0.15, 0.2) is 5.79 Å². The lowest BCUT2D eigenvalue weighted by Crippen LogP contribution is -2.48. The third-order valence-electron chi connectivity index (χ3n) is 6.92. The zero-order valence-corrected chi connectivity index (χ0v) is 21.5. The number of hydrogen-bond acceptors (Lipinski definition) is 5. The van der Waals surface area contributed by atoms with Gasteiger partial charge in [0.1, 0.15) is 0 Å². The van der Waals surface area contributed by atoms with Crippen LogP contribution >= 0.6 is 0 Å². The molecule has 0 aromatic rings. The summed E-state index contributed by atoms with van der Waals surface area (Å²) in [5.41, 5.74) is 0. The van der Waals surface area contributed by atoms with E-state index in [4.69, 9.17) is 9.47 Å². The van der Waals surface area contributed by atoms with Crippen molar-refractivity contribution in [2.75, 3.05) is 13.1 Å². The van der Waals surface area contributed by atoms with Crippen LogP contribution in [-0.2, 0) is 14.3 Å². The van der Waals surface area contributed by atoms with E-state index in [1.165, 1.54) is 30.6 Å². The molecule has 0 unspecified atom stereocenters. The summed E-state index contributed by atoms with van der Waals surface area (Å²) >= 11 is 0. The largest absolute Gasteiger partial charge is 0.358 e. The van der Waals surface area contributed by atoms with Crippen LogP contribution in [0.5, 0.6) is 0 Å². The average molecular weight is 466 g/mol. The molecule has 2 N–H and O–H groups in total. The Morgan fingerprint density at radius 3 is 2.42 bits per heavy atom. The molecule has 1 saturated heterocycles. The minimum Gasteiger partial charge on any atom is -0.358 e. The second kappa shape index (κ2) is 13.0. The molecule has 2 fully saturated rings. The van der Waals surface area contributed by atoms with E-state index in [0.29, 0.717) is 31.3 Å². The number of hydrogen-bond donors (Lipinski definition) is 2. The first kappa shape index (κ1) is 28.0. The van der Waals surface area contributed by atoms with Crippen molar-refractivity contribution in [3.05, 3.63) is 24.3 Å². The molecule has 1 saturated carbocycles. The Labute approximate surface area is 201 Å². The number of aliphatic hydroxyl groups is 2. The van der Waals surface area contributed by atoms with Gasteiger partial charge < -0.3 is 24.6 Å². The maximum Gasteiger partial charge on any atom is 0.282 e. The van der Waals surface area contributed by atoms with E-state index in [1.54, 1.807) is 0 Å². The number of carbonyl (C=O) groups is 1. The number of unbranched alkanes of at least 4 members (excludes halogenated alkanes) is 4. The van der Waals surface area contributed by atoms with Gasteiger partial charge in [0.2, 0.25) is 5.79 Å². The van der Waals surface area contributed by atoms with E-state index >= 15 is 0 Å².